The third-order valence-electron chi connectivity index (χ3n) is 5.18. The van der Waals surface area contributed by atoms with E-state index in [4.69, 9.17) is 16.7 Å². The van der Waals surface area contributed by atoms with Crippen LogP contribution in [0.2, 0.25) is 5.02 Å². The second-order valence-electron chi connectivity index (χ2n) is 7.76. The minimum Gasteiger partial charge on any atom is -0.479 e. The normalized spacial score (nSPS) is 12.5. The third-order valence-corrected chi connectivity index (χ3v) is 5.42. The highest BCUT2D eigenvalue weighted by molar-refractivity contribution is 6.36. The predicted octanol–water partition coefficient (Wildman–Crippen LogP) is 3.68. The minimum atomic E-state index is -1.66. The number of carbonyl (C=O) groups is 3. The number of carboxylic acids is 1. The van der Waals surface area contributed by atoms with Gasteiger partial charge in [-0.25, -0.2) is 4.79 Å². The van der Waals surface area contributed by atoms with Crippen molar-refractivity contribution in [1.29, 1.82) is 0 Å². The Morgan fingerprint density at radius 2 is 1.55 bits per heavy atom. The second-order valence-corrected chi connectivity index (χ2v) is 8.19. The molecule has 0 fully saturated rings. The van der Waals surface area contributed by atoms with Crippen LogP contribution in [-0.2, 0) is 27.2 Å². The van der Waals surface area contributed by atoms with Gasteiger partial charge in [-0.05, 0) is 40.8 Å². The highest BCUT2D eigenvalue weighted by Crippen LogP contribution is 2.23. The highest BCUT2D eigenvalue weighted by atomic mass is 35.5. The van der Waals surface area contributed by atoms with Crippen molar-refractivity contribution in [2.75, 3.05) is 0 Å². The van der Waals surface area contributed by atoms with Crippen molar-refractivity contribution >= 4 is 29.3 Å². The lowest BCUT2D eigenvalue weighted by molar-refractivity contribution is -0.147. The van der Waals surface area contributed by atoms with Crippen LogP contribution in [0, 0.1) is 0 Å². The largest absolute Gasteiger partial charge is 0.479 e. The van der Waals surface area contributed by atoms with Gasteiger partial charge >= 0.3 is 5.97 Å². The van der Waals surface area contributed by atoms with E-state index in [2.05, 4.69) is 5.32 Å². The number of aliphatic carboxylic acids is 1. The number of hydrogen-bond acceptors (Lipinski definition) is 4. The van der Waals surface area contributed by atoms with E-state index in [-0.39, 0.29) is 19.3 Å². The first-order valence-electron chi connectivity index (χ1n) is 10.4. The predicted molar refractivity (Wildman–Crippen MR) is 126 cm³/mol. The molecule has 0 aliphatic rings. The Bertz CT molecular complexity index is 1120. The molecule has 0 spiro atoms. The number of amides is 1. The Hall–Kier alpha value is -3.48. The number of rotatable bonds is 10. The molecule has 3 N–H and O–H groups in total. The fourth-order valence-corrected chi connectivity index (χ4v) is 3.67. The molecule has 0 aliphatic carbocycles. The summed E-state index contributed by atoms with van der Waals surface area (Å²) in [7, 11) is 0. The number of nitrogens with one attached hydrogen (secondary N) is 1. The SMILES string of the molecule is O=C(Cc1ccccc1)C(=O)NC(Cc1ccc(-c2cccc(Cl)c2)cc1)CC(O)C(=O)O. The van der Waals surface area contributed by atoms with Crippen LogP contribution in [0.5, 0.6) is 0 Å². The summed E-state index contributed by atoms with van der Waals surface area (Å²) in [6, 6.07) is 23.1. The maximum Gasteiger partial charge on any atom is 0.332 e. The fourth-order valence-electron chi connectivity index (χ4n) is 3.48. The molecular weight excluding hydrogens is 442 g/mol. The molecule has 7 heteroatoms. The van der Waals surface area contributed by atoms with E-state index in [9.17, 15) is 19.5 Å². The number of carbonyl (C=O) groups excluding carboxylic acids is 2. The number of aliphatic hydroxyl groups excluding tert-OH is 1. The van der Waals surface area contributed by atoms with E-state index in [1.165, 1.54) is 0 Å². The molecule has 6 nitrogen and oxygen atoms in total. The third kappa shape index (κ3) is 7.27. The Morgan fingerprint density at radius 1 is 0.848 bits per heavy atom. The van der Waals surface area contributed by atoms with Gasteiger partial charge in [-0.15, -0.1) is 0 Å². The fraction of sp³-hybridized carbons (Fsp3) is 0.192. The summed E-state index contributed by atoms with van der Waals surface area (Å²) < 4.78 is 0. The molecule has 3 rings (SSSR count). The number of Topliss-reactive ketones (excluding diaryl/α,β-unsaturated/α-hetero) is 1. The second kappa shape index (κ2) is 11.4. The molecule has 2 atom stereocenters. The average molecular weight is 466 g/mol. The van der Waals surface area contributed by atoms with E-state index < -0.39 is 29.8 Å². The van der Waals surface area contributed by atoms with Gasteiger partial charge in [-0.2, -0.15) is 0 Å². The molecule has 2 unspecified atom stereocenters. The van der Waals surface area contributed by atoms with Crippen molar-refractivity contribution in [3.63, 3.8) is 0 Å². The molecule has 3 aromatic rings. The average Bonchev–Trinajstić information content (AvgIpc) is 2.80. The topological polar surface area (TPSA) is 104 Å². The molecule has 170 valence electrons. The first-order chi connectivity index (χ1) is 15.8. The zero-order valence-corrected chi connectivity index (χ0v) is 18.5. The zero-order chi connectivity index (χ0) is 23.8. The monoisotopic (exact) mass is 465 g/mol. The summed E-state index contributed by atoms with van der Waals surface area (Å²) >= 11 is 6.05. The van der Waals surface area contributed by atoms with Crippen molar-refractivity contribution in [3.05, 3.63) is 95.0 Å². The van der Waals surface area contributed by atoms with E-state index in [1.54, 1.807) is 30.3 Å². The zero-order valence-electron chi connectivity index (χ0n) is 17.8. The van der Waals surface area contributed by atoms with E-state index in [1.807, 2.05) is 48.5 Å². The van der Waals surface area contributed by atoms with Crippen LogP contribution in [0.15, 0.2) is 78.9 Å². The van der Waals surface area contributed by atoms with Crippen LogP contribution in [0.1, 0.15) is 17.5 Å². The van der Waals surface area contributed by atoms with Crippen molar-refractivity contribution in [2.24, 2.45) is 0 Å². The molecule has 33 heavy (non-hydrogen) atoms. The molecule has 0 heterocycles. The van der Waals surface area contributed by atoms with Crippen molar-refractivity contribution in [1.82, 2.24) is 5.32 Å². The van der Waals surface area contributed by atoms with Crippen LogP contribution in [0.4, 0.5) is 0 Å². The van der Waals surface area contributed by atoms with E-state index in [0.29, 0.717) is 10.6 Å². The van der Waals surface area contributed by atoms with Gasteiger partial charge < -0.3 is 15.5 Å². The molecular formula is C26H24ClNO5. The van der Waals surface area contributed by atoms with Crippen molar-refractivity contribution in [2.45, 2.75) is 31.4 Å². The van der Waals surface area contributed by atoms with Crippen LogP contribution in [0.3, 0.4) is 0 Å². The number of carboxylic acid groups (broad SMARTS) is 1. The Labute approximate surface area is 196 Å². The summed E-state index contributed by atoms with van der Waals surface area (Å²) in [5, 5.41) is 22.1. The summed E-state index contributed by atoms with van der Waals surface area (Å²) in [6.07, 6.45) is -1.69. The Kier molecular flexibility index (Phi) is 8.35. The molecule has 0 aliphatic heterocycles. The summed E-state index contributed by atoms with van der Waals surface area (Å²) in [5.74, 6) is -2.83. The molecule has 0 aromatic heterocycles. The summed E-state index contributed by atoms with van der Waals surface area (Å²) in [5.41, 5.74) is 3.42. The Balaban J connectivity index is 1.70. The number of hydrogen-bond donors (Lipinski definition) is 3. The quantitative estimate of drug-likeness (QED) is 0.396. The van der Waals surface area contributed by atoms with Gasteiger partial charge in [0.25, 0.3) is 5.91 Å². The lowest BCUT2D eigenvalue weighted by Gasteiger charge is -2.20. The van der Waals surface area contributed by atoms with Gasteiger partial charge in [-0.1, -0.05) is 78.3 Å². The molecule has 1 amide bonds. The molecule has 0 saturated carbocycles. The molecule has 3 aromatic carbocycles. The summed E-state index contributed by atoms with van der Waals surface area (Å²) in [4.78, 5) is 36.0. The van der Waals surface area contributed by atoms with E-state index in [0.717, 1.165) is 16.7 Å². The number of aliphatic hydroxyl groups is 1. The summed E-state index contributed by atoms with van der Waals surface area (Å²) in [6.45, 7) is 0. The maximum absolute atomic E-state index is 12.5. The number of halogens is 1. The first-order valence-corrected chi connectivity index (χ1v) is 10.8. The van der Waals surface area contributed by atoms with Crippen molar-refractivity contribution in [3.8, 4) is 11.1 Å². The Morgan fingerprint density at radius 3 is 2.18 bits per heavy atom. The first kappa shape index (κ1) is 24.2. The van der Waals surface area contributed by atoms with Crippen LogP contribution in [0.25, 0.3) is 11.1 Å². The van der Waals surface area contributed by atoms with Gasteiger partial charge in [0, 0.05) is 23.9 Å². The molecule has 0 saturated heterocycles. The van der Waals surface area contributed by atoms with Gasteiger partial charge in [0.05, 0.1) is 0 Å². The standard InChI is InChI=1S/C26H24ClNO5/c27-21-8-4-7-20(15-21)19-11-9-18(10-12-19)13-22(16-24(30)26(32)33)28-25(31)23(29)14-17-5-2-1-3-6-17/h1-12,15,22,24,30H,13-14,16H2,(H,28,31)(H,32,33). The van der Waals surface area contributed by atoms with Gasteiger partial charge in [0.15, 0.2) is 6.10 Å². The number of benzene rings is 3. The van der Waals surface area contributed by atoms with Gasteiger partial charge in [-0.3, -0.25) is 9.59 Å². The lowest BCUT2D eigenvalue weighted by Crippen LogP contribution is -2.43. The van der Waals surface area contributed by atoms with Crippen LogP contribution < -0.4 is 5.32 Å². The van der Waals surface area contributed by atoms with Crippen LogP contribution in [-0.4, -0.2) is 40.0 Å². The van der Waals surface area contributed by atoms with Gasteiger partial charge in [0.1, 0.15) is 0 Å². The minimum absolute atomic E-state index is 0.0603. The highest BCUT2D eigenvalue weighted by Gasteiger charge is 2.24. The maximum atomic E-state index is 12.5. The molecule has 0 radical (unpaired) electrons. The number of ketones is 1. The lowest BCUT2D eigenvalue weighted by atomic mass is 9.97. The molecule has 0 bridgehead atoms. The van der Waals surface area contributed by atoms with Crippen molar-refractivity contribution < 1.29 is 24.6 Å². The smallest absolute Gasteiger partial charge is 0.332 e. The van der Waals surface area contributed by atoms with Gasteiger partial charge in [0.2, 0.25) is 5.78 Å². The van der Waals surface area contributed by atoms with E-state index >= 15 is 0 Å². The van der Waals surface area contributed by atoms with Crippen LogP contribution >= 0.6 is 11.6 Å².